The second-order valence-electron chi connectivity index (χ2n) is 5.35. The summed E-state index contributed by atoms with van der Waals surface area (Å²) in [4.78, 5) is 11.2. The van der Waals surface area contributed by atoms with Crippen LogP contribution in [0.25, 0.3) is 0 Å². The van der Waals surface area contributed by atoms with Gasteiger partial charge in [0.05, 0.1) is 11.2 Å². The van der Waals surface area contributed by atoms with E-state index in [9.17, 15) is 4.79 Å². The van der Waals surface area contributed by atoms with Gasteiger partial charge in [-0.2, -0.15) is 0 Å². The summed E-state index contributed by atoms with van der Waals surface area (Å²) in [6.07, 6.45) is 0. The maximum absolute atomic E-state index is 11.2. The summed E-state index contributed by atoms with van der Waals surface area (Å²) in [6.45, 7) is 9.36. The average Bonchev–Trinajstić information content (AvgIpc) is 2.70. The van der Waals surface area contributed by atoms with Crippen LogP contribution in [0, 0.1) is 0 Å². The summed E-state index contributed by atoms with van der Waals surface area (Å²) in [6, 6.07) is 3.36. The number of rotatable bonds is 2. The zero-order valence-electron chi connectivity index (χ0n) is 10.9. The van der Waals surface area contributed by atoms with E-state index in [0.29, 0.717) is 11.4 Å². The third-order valence-corrected chi connectivity index (χ3v) is 3.46. The molecule has 17 heavy (non-hydrogen) atoms. The summed E-state index contributed by atoms with van der Waals surface area (Å²) >= 11 is 0. The van der Waals surface area contributed by atoms with Gasteiger partial charge in [0.1, 0.15) is 5.66 Å². The van der Waals surface area contributed by atoms with E-state index in [1.54, 1.807) is 12.1 Å². The van der Waals surface area contributed by atoms with E-state index in [2.05, 4.69) is 0 Å². The Morgan fingerprint density at radius 3 is 2.06 bits per heavy atom. The van der Waals surface area contributed by atoms with Crippen LogP contribution in [-0.2, 0) is 9.31 Å². The lowest BCUT2D eigenvalue weighted by molar-refractivity contribution is 0.00578. The number of carbonyl (C=O) groups is 1. The van der Waals surface area contributed by atoms with E-state index in [4.69, 9.17) is 13.7 Å². The summed E-state index contributed by atoms with van der Waals surface area (Å²) in [7, 11) is -0.548. The smallest absolute Gasteiger partial charge is 0.462 e. The summed E-state index contributed by atoms with van der Waals surface area (Å²) in [5, 5.41) is 0. The molecule has 0 atom stereocenters. The number of carbonyl (C=O) groups excluding carboxylic acids is 1. The molecule has 0 aromatic carbocycles. The molecule has 2 rings (SSSR count). The van der Waals surface area contributed by atoms with Crippen molar-refractivity contribution in [3.63, 3.8) is 0 Å². The van der Waals surface area contributed by atoms with Crippen molar-refractivity contribution in [3.05, 3.63) is 17.9 Å². The largest absolute Gasteiger partial charge is 0.532 e. The van der Waals surface area contributed by atoms with Crippen LogP contribution in [0.3, 0.4) is 0 Å². The average molecular weight is 236 g/mol. The molecular formula is C12H17BO4. The molecule has 1 fully saturated rings. The molecule has 0 saturated carbocycles. The lowest BCUT2D eigenvalue weighted by Crippen LogP contribution is -2.41. The van der Waals surface area contributed by atoms with Crippen molar-refractivity contribution in [2.45, 2.75) is 45.8 Å². The van der Waals surface area contributed by atoms with Crippen molar-refractivity contribution in [1.29, 1.82) is 0 Å². The lowest BCUT2D eigenvalue weighted by atomic mass is 9.86. The van der Waals surface area contributed by atoms with Crippen molar-refractivity contribution >= 4 is 18.6 Å². The number of ketones is 1. The fourth-order valence-electron chi connectivity index (χ4n) is 1.63. The quantitative estimate of drug-likeness (QED) is 0.580. The van der Waals surface area contributed by atoms with Crippen molar-refractivity contribution in [2.24, 2.45) is 0 Å². The van der Waals surface area contributed by atoms with Gasteiger partial charge in [0, 0.05) is 6.92 Å². The highest BCUT2D eigenvalue weighted by atomic mass is 16.7. The van der Waals surface area contributed by atoms with E-state index < -0.39 is 18.3 Å². The minimum Gasteiger partial charge on any atom is -0.462 e. The van der Waals surface area contributed by atoms with Crippen LogP contribution in [-0.4, -0.2) is 24.1 Å². The fraction of sp³-hybridized carbons (Fsp3) is 0.583. The van der Waals surface area contributed by atoms with Crippen LogP contribution >= 0.6 is 0 Å². The number of hydrogen-bond acceptors (Lipinski definition) is 4. The third-order valence-electron chi connectivity index (χ3n) is 3.46. The monoisotopic (exact) mass is 236 g/mol. The molecule has 1 aromatic rings. The molecular weight excluding hydrogens is 219 g/mol. The van der Waals surface area contributed by atoms with Gasteiger partial charge in [0.25, 0.3) is 0 Å². The molecule has 0 N–H and O–H groups in total. The molecule has 0 aliphatic carbocycles. The van der Waals surface area contributed by atoms with Gasteiger partial charge in [-0.15, -0.1) is 0 Å². The van der Waals surface area contributed by atoms with Crippen LogP contribution in [0.1, 0.15) is 45.2 Å². The maximum Gasteiger partial charge on any atom is 0.532 e. The number of hydrogen-bond donors (Lipinski definition) is 0. The van der Waals surface area contributed by atoms with Gasteiger partial charge in [-0.3, -0.25) is 4.79 Å². The first-order chi connectivity index (χ1) is 7.73. The van der Waals surface area contributed by atoms with E-state index in [0.717, 1.165) is 0 Å². The first-order valence-corrected chi connectivity index (χ1v) is 5.69. The predicted molar refractivity (Wildman–Crippen MR) is 64.4 cm³/mol. The second kappa shape index (κ2) is 3.72. The standard InChI is InChI=1S/C12H17BO4/c1-8(14)9-6-7-10(15-9)13-16-11(2,3)12(4,5)17-13/h6-7H,1-5H3. The molecule has 0 radical (unpaired) electrons. The molecule has 1 aliphatic rings. The van der Waals surface area contributed by atoms with E-state index in [-0.39, 0.29) is 5.78 Å². The van der Waals surface area contributed by atoms with Crippen LogP contribution in [0.5, 0.6) is 0 Å². The van der Waals surface area contributed by atoms with Crippen molar-refractivity contribution in [1.82, 2.24) is 0 Å². The van der Waals surface area contributed by atoms with Gasteiger partial charge in [-0.1, -0.05) is 0 Å². The van der Waals surface area contributed by atoms with Gasteiger partial charge in [-0.05, 0) is 39.8 Å². The summed E-state index contributed by atoms with van der Waals surface area (Å²) in [5.74, 6) is 0.225. The molecule has 92 valence electrons. The van der Waals surface area contributed by atoms with Gasteiger partial charge in [0.2, 0.25) is 0 Å². The Morgan fingerprint density at radius 2 is 1.65 bits per heavy atom. The lowest BCUT2D eigenvalue weighted by Gasteiger charge is -2.32. The van der Waals surface area contributed by atoms with Crippen molar-refractivity contribution in [2.75, 3.05) is 0 Å². The molecule has 1 saturated heterocycles. The van der Waals surface area contributed by atoms with Crippen molar-refractivity contribution < 1.29 is 18.5 Å². The van der Waals surface area contributed by atoms with Gasteiger partial charge >= 0.3 is 7.12 Å². The Labute approximate surface area is 101 Å². The Morgan fingerprint density at radius 1 is 1.12 bits per heavy atom. The zero-order chi connectivity index (χ0) is 12.8. The third kappa shape index (κ3) is 2.05. The molecule has 4 nitrogen and oxygen atoms in total. The highest BCUT2D eigenvalue weighted by Gasteiger charge is 2.53. The SMILES string of the molecule is CC(=O)c1ccc(B2OC(C)(C)C(C)(C)O2)o1. The number of furan rings is 1. The first-order valence-electron chi connectivity index (χ1n) is 5.69. The van der Waals surface area contributed by atoms with E-state index in [1.807, 2.05) is 27.7 Å². The number of Topliss-reactive ketones (excluding diaryl/α,β-unsaturated/α-hetero) is 1. The molecule has 0 amide bonds. The highest BCUT2D eigenvalue weighted by Crippen LogP contribution is 2.36. The fourth-order valence-corrected chi connectivity index (χ4v) is 1.63. The maximum atomic E-state index is 11.2. The van der Waals surface area contributed by atoms with Gasteiger partial charge in [0.15, 0.2) is 11.5 Å². The Kier molecular flexibility index (Phi) is 2.71. The topological polar surface area (TPSA) is 48.7 Å². The zero-order valence-corrected chi connectivity index (χ0v) is 10.9. The molecule has 1 aromatic heterocycles. The first kappa shape index (κ1) is 12.4. The van der Waals surface area contributed by atoms with Crippen LogP contribution in [0.2, 0.25) is 0 Å². The Hall–Kier alpha value is -1.07. The Balaban J connectivity index is 2.23. The van der Waals surface area contributed by atoms with Crippen molar-refractivity contribution in [3.8, 4) is 0 Å². The minimum absolute atomic E-state index is 0.104. The highest BCUT2D eigenvalue weighted by molar-refractivity contribution is 6.60. The second-order valence-corrected chi connectivity index (χ2v) is 5.35. The molecule has 0 unspecified atom stereocenters. The van der Waals surface area contributed by atoms with Crippen LogP contribution in [0.4, 0.5) is 0 Å². The normalized spacial score (nSPS) is 21.8. The van der Waals surface area contributed by atoms with E-state index in [1.165, 1.54) is 6.92 Å². The Bertz CT molecular complexity index is 431. The summed E-state index contributed by atoms with van der Waals surface area (Å²) < 4.78 is 17.0. The summed E-state index contributed by atoms with van der Waals surface area (Å²) in [5.41, 5.74) is -0.268. The van der Waals surface area contributed by atoms with Crippen LogP contribution in [0.15, 0.2) is 16.5 Å². The van der Waals surface area contributed by atoms with Gasteiger partial charge in [-0.25, -0.2) is 0 Å². The van der Waals surface area contributed by atoms with Crippen LogP contribution < -0.4 is 5.66 Å². The predicted octanol–water partition coefficient (Wildman–Crippen LogP) is 1.78. The molecule has 0 bridgehead atoms. The molecule has 0 spiro atoms. The van der Waals surface area contributed by atoms with Gasteiger partial charge < -0.3 is 13.7 Å². The molecule has 1 aliphatic heterocycles. The molecule has 2 heterocycles. The van der Waals surface area contributed by atoms with E-state index >= 15 is 0 Å². The minimum atomic E-state index is -0.548. The molecule has 5 heteroatoms.